The molecular formula is C17H20F3NO3. The monoisotopic (exact) mass is 343 g/mol. The molecule has 2 aliphatic rings. The van der Waals surface area contributed by atoms with Crippen molar-refractivity contribution in [1.82, 2.24) is 4.90 Å². The van der Waals surface area contributed by atoms with Crippen LogP contribution in [-0.2, 0) is 20.7 Å². The maximum Gasteiger partial charge on any atom is 0.227 e. The maximum atomic E-state index is 13.8. The van der Waals surface area contributed by atoms with Gasteiger partial charge >= 0.3 is 0 Å². The van der Waals surface area contributed by atoms with E-state index in [4.69, 9.17) is 9.47 Å². The summed E-state index contributed by atoms with van der Waals surface area (Å²) in [6.45, 7) is 5.06. The highest BCUT2D eigenvalue weighted by Crippen LogP contribution is 2.35. The minimum atomic E-state index is -1.26. The van der Waals surface area contributed by atoms with Crippen LogP contribution in [0.4, 0.5) is 13.2 Å². The third kappa shape index (κ3) is 3.15. The molecule has 1 spiro atoms. The quantitative estimate of drug-likeness (QED) is 0.775. The Kier molecular flexibility index (Phi) is 4.57. The molecule has 0 N–H and O–H groups in total. The van der Waals surface area contributed by atoms with Gasteiger partial charge in [0.2, 0.25) is 5.91 Å². The first-order valence-electron chi connectivity index (χ1n) is 8.01. The van der Waals surface area contributed by atoms with Gasteiger partial charge in [-0.05, 0) is 19.9 Å². The number of hydrogen-bond acceptors (Lipinski definition) is 3. The van der Waals surface area contributed by atoms with Crippen LogP contribution in [0, 0.1) is 17.5 Å². The molecule has 7 heteroatoms. The topological polar surface area (TPSA) is 38.8 Å². The van der Waals surface area contributed by atoms with E-state index in [1.165, 1.54) is 0 Å². The Balaban J connectivity index is 1.76. The number of carbonyl (C=O) groups is 1. The van der Waals surface area contributed by atoms with Crippen LogP contribution in [0.3, 0.4) is 0 Å². The molecule has 2 saturated heterocycles. The lowest BCUT2D eigenvalue weighted by Gasteiger charge is -2.45. The number of morpholine rings is 1. The normalized spacial score (nSPS) is 30.1. The van der Waals surface area contributed by atoms with E-state index >= 15 is 0 Å². The Bertz CT molecular complexity index is 654. The van der Waals surface area contributed by atoms with E-state index in [2.05, 4.69) is 0 Å². The van der Waals surface area contributed by atoms with Crippen LogP contribution in [0.5, 0.6) is 0 Å². The molecule has 0 saturated carbocycles. The van der Waals surface area contributed by atoms with Gasteiger partial charge in [-0.2, -0.15) is 0 Å². The average Bonchev–Trinajstić information content (AvgIpc) is 2.84. The van der Waals surface area contributed by atoms with E-state index in [0.29, 0.717) is 32.2 Å². The van der Waals surface area contributed by atoms with Crippen LogP contribution in [-0.4, -0.2) is 48.3 Å². The standard InChI is InChI=1S/C17H20F3NO3/c1-10-8-21(9-17(24-10)3-4-23-11(17)2)16(22)6-12-5-14(19)15(20)7-13(12)18/h5,7,10-11H,3-4,6,8-9H2,1-2H3/t10-,11+,17-/m1/s1. The van der Waals surface area contributed by atoms with Crippen LogP contribution in [0.1, 0.15) is 25.8 Å². The lowest BCUT2D eigenvalue weighted by Crippen LogP contribution is -2.59. The predicted octanol–water partition coefficient (Wildman–Crippen LogP) is 2.44. The zero-order chi connectivity index (χ0) is 17.5. The number of ether oxygens (including phenoxy) is 2. The molecular weight excluding hydrogens is 323 g/mol. The van der Waals surface area contributed by atoms with Crippen LogP contribution < -0.4 is 0 Å². The molecule has 3 atom stereocenters. The zero-order valence-corrected chi connectivity index (χ0v) is 13.7. The van der Waals surface area contributed by atoms with Crippen molar-refractivity contribution >= 4 is 5.91 Å². The molecule has 3 rings (SSSR count). The first-order chi connectivity index (χ1) is 11.3. The number of nitrogens with zero attached hydrogens (tertiary/aromatic N) is 1. The van der Waals surface area contributed by atoms with Crippen LogP contribution in [0.25, 0.3) is 0 Å². The van der Waals surface area contributed by atoms with Gasteiger partial charge in [-0.3, -0.25) is 4.79 Å². The molecule has 4 nitrogen and oxygen atoms in total. The van der Waals surface area contributed by atoms with Crippen molar-refractivity contribution in [3.05, 3.63) is 35.1 Å². The van der Waals surface area contributed by atoms with E-state index in [1.54, 1.807) is 4.90 Å². The van der Waals surface area contributed by atoms with Crippen molar-refractivity contribution in [3.8, 4) is 0 Å². The SMILES string of the molecule is C[C@@H]1CN(C(=O)Cc2cc(F)c(F)cc2F)C[C@@]2(CCO[C@H]2C)O1. The summed E-state index contributed by atoms with van der Waals surface area (Å²) < 4.78 is 51.7. The maximum absolute atomic E-state index is 13.8. The van der Waals surface area contributed by atoms with Crippen LogP contribution in [0.15, 0.2) is 12.1 Å². The van der Waals surface area contributed by atoms with Gasteiger partial charge in [-0.15, -0.1) is 0 Å². The van der Waals surface area contributed by atoms with Crippen molar-refractivity contribution in [2.24, 2.45) is 0 Å². The van der Waals surface area contributed by atoms with E-state index < -0.39 is 23.1 Å². The minimum absolute atomic E-state index is 0.143. The van der Waals surface area contributed by atoms with E-state index in [0.717, 1.165) is 6.07 Å². The smallest absolute Gasteiger partial charge is 0.227 e. The highest BCUT2D eigenvalue weighted by molar-refractivity contribution is 5.79. The van der Waals surface area contributed by atoms with Crippen molar-refractivity contribution in [1.29, 1.82) is 0 Å². The highest BCUT2D eigenvalue weighted by Gasteiger charge is 2.48. The van der Waals surface area contributed by atoms with Crippen LogP contribution >= 0.6 is 0 Å². The fourth-order valence-corrected chi connectivity index (χ4v) is 3.46. The molecule has 2 fully saturated rings. The average molecular weight is 343 g/mol. The molecule has 1 aromatic carbocycles. The molecule has 0 radical (unpaired) electrons. The molecule has 132 valence electrons. The zero-order valence-electron chi connectivity index (χ0n) is 13.7. The number of rotatable bonds is 2. The second kappa shape index (κ2) is 6.37. The third-order valence-electron chi connectivity index (χ3n) is 4.79. The third-order valence-corrected chi connectivity index (χ3v) is 4.79. The predicted molar refractivity (Wildman–Crippen MR) is 79.9 cm³/mol. The molecule has 1 aromatic rings. The summed E-state index contributed by atoms with van der Waals surface area (Å²) in [5.74, 6) is -3.69. The Morgan fingerprint density at radius 2 is 1.96 bits per heavy atom. The van der Waals surface area contributed by atoms with Gasteiger partial charge in [0, 0.05) is 31.2 Å². The van der Waals surface area contributed by atoms with Crippen LogP contribution in [0.2, 0.25) is 0 Å². The molecule has 24 heavy (non-hydrogen) atoms. The first-order valence-corrected chi connectivity index (χ1v) is 8.01. The summed E-state index contributed by atoms with van der Waals surface area (Å²) in [6.07, 6.45) is 0.0419. The Morgan fingerprint density at radius 1 is 1.25 bits per heavy atom. The summed E-state index contributed by atoms with van der Waals surface area (Å²) >= 11 is 0. The fourth-order valence-electron chi connectivity index (χ4n) is 3.46. The van der Waals surface area contributed by atoms with Gasteiger partial charge in [0.1, 0.15) is 11.4 Å². The Labute approximate surface area is 138 Å². The summed E-state index contributed by atoms with van der Waals surface area (Å²) in [7, 11) is 0. The largest absolute Gasteiger partial charge is 0.375 e. The second-order valence-electron chi connectivity index (χ2n) is 6.57. The van der Waals surface area contributed by atoms with Crippen molar-refractivity contribution in [2.45, 2.75) is 44.5 Å². The summed E-state index contributed by atoms with van der Waals surface area (Å²) in [5.41, 5.74) is -0.706. The minimum Gasteiger partial charge on any atom is -0.375 e. The lowest BCUT2D eigenvalue weighted by molar-refractivity contribution is -0.178. The molecule has 0 aromatic heterocycles. The van der Waals surface area contributed by atoms with Gasteiger partial charge in [-0.1, -0.05) is 0 Å². The van der Waals surface area contributed by atoms with Crippen molar-refractivity contribution in [2.75, 3.05) is 19.7 Å². The summed E-state index contributed by atoms with van der Waals surface area (Å²) in [5, 5.41) is 0. The summed E-state index contributed by atoms with van der Waals surface area (Å²) in [4.78, 5) is 14.2. The molecule has 2 heterocycles. The number of carbonyl (C=O) groups excluding carboxylic acids is 1. The van der Waals surface area contributed by atoms with Gasteiger partial charge < -0.3 is 14.4 Å². The van der Waals surface area contributed by atoms with Gasteiger partial charge in [0.05, 0.1) is 25.2 Å². The molecule has 0 bridgehead atoms. The van der Waals surface area contributed by atoms with Gasteiger partial charge in [0.25, 0.3) is 0 Å². The number of benzene rings is 1. The van der Waals surface area contributed by atoms with Gasteiger partial charge in [0.15, 0.2) is 11.6 Å². The van der Waals surface area contributed by atoms with E-state index in [-0.39, 0.29) is 30.1 Å². The molecule has 1 amide bonds. The number of amides is 1. The van der Waals surface area contributed by atoms with Gasteiger partial charge in [-0.25, -0.2) is 13.2 Å². The first kappa shape index (κ1) is 17.2. The Morgan fingerprint density at radius 3 is 2.62 bits per heavy atom. The van der Waals surface area contributed by atoms with Crippen molar-refractivity contribution in [3.63, 3.8) is 0 Å². The van der Waals surface area contributed by atoms with E-state index in [9.17, 15) is 18.0 Å². The number of hydrogen-bond donors (Lipinski definition) is 0. The Hall–Kier alpha value is -1.60. The molecule has 0 aliphatic carbocycles. The van der Waals surface area contributed by atoms with Crippen molar-refractivity contribution < 1.29 is 27.4 Å². The van der Waals surface area contributed by atoms with E-state index in [1.807, 2.05) is 13.8 Å². The summed E-state index contributed by atoms with van der Waals surface area (Å²) in [6, 6.07) is 1.21. The fraction of sp³-hybridized carbons (Fsp3) is 0.588. The molecule has 2 aliphatic heterocycles. The highest BCUT2D eigenvalue weighted by atomic mass is 19.2. The number of halogens is 3. The lowest BCUT2D eigenvalue weighted by atomic mass is 9.92. The second-order valence-corrected chi connectivity index (χ2v) is 6.57. The molecule has 0 unspecified atom stereocenters.